The number of rotatable bonds is 4. The number of nitrogens with zero attached hydrogens (tertiary/aromatic N) is 1. The average molecular weight is 218 g/mol. The smallest absolute Gasteiger partial charge is 0.0326 e. The summed E-state index contributed by atoms with van der Waals surface area (Å²) in [7, 11) is 0. The van der Waals surface area contributed by atoms with Crippen molar-refractivity contribution in [3.8, 4) is 0 Å². The predicted octanol–water partition coefficient (Wildman–Crippen LogP) is 2.82. The Labute approximate surface area is 98.4 Å². The van der Waals surface area contributed by atoms with Crippen LogP contribution >= 0.6 is 0 Å². The molecule has 0 aromatic heterocycles. The van der Waals surface area contributed by atoms with E-state index in [-0.39, 0.29) is 0 Å². The lowest BCUT2D eigenvalue weighted by Crippen LogP contribution is -2.21. The molecule has 1 aromatic carbocycles. The summed E-state index contributed by atoms with van der Waals surface area (Å²) in [6.07, 6.45) is 2.57. The lowest BCUT2D eigenvalue weighted by atomic mass is 10.0. The molecule has 2 heteroatoms. The minimum absolute atomic E-state index is 0.563. The van der Waals surface area contributed by atoms with Crippen LogP contribution < -0.4 is 5.73 Å². The number of hydrogen-bond donors (Lipinski definition) is 1. The topological polar surface area (TPSA) is 29.3 Å². The molecule has 0 radical (unpaired) electrons. The molecule has 1 atom stereocenters. The van der Waals surface area contributed by atoms with E-state index in [0.29, 0.717) is 12.6 Å². The van der Waals surface area contributed by atoms with Crippen LogP contribution in [0.4, 0.5) is 0 Å². The van der Waals surface area contributed by atoms with Gasteiger partial charge in [0.25, 0.3) is 0 Å². The van der Waals surface area contributed by atoms with Gasteiger partial charge in [-0.25, -0.2) is 0 Å². The molecule has 1 aliphatic rings. The van der Waals surface area contributed by atoms with Crippen LogP contribution in [-0.2, 0) is 13.1 Å². The zero-order valence-corrected chi connectivity index (χ0v) is 10.4. The van der Waals surface area contributed by atoms with Crippen molar-refractivity contribution in [2.75, 3.05) is 6.54 Å². The first-order valence-corrected chi connectivity index (χ1v) is 6.32. The minimum Gasteiger partial charge on any atom is -0.326 e. The van der Waals surface area contributed by atoms with Gasteiger partial charge >= 0.3 is 0 Å². The predicted molar refractivity (Wildman–Crippen MR) is 68.1 cm³/mol. The van der Waals surface area contributed by atoms with Crippen LogP contribution in [0.25, 0.3) is 0 Å². The van der Waals surface area contributed by atoms with Crippen LogP contribution in [0.1, 0.15) is 49.4 Å². The summed E-state index contributed by atoms with van der Waals surface area (Å²) >= 11 is 0. The first-order chi connectivity index (χ1) is 7.76. The normalized spacial score (nSPS) is 20.1. The zero-order chi connectivity index (χ0) is 11.5. The van der Waals surface area contributed by atoms with Gasteiger partial charge in [-0.15, -0.1) is 0 Å². The van der Waals surface area contributed by atoms with Gasteiger partial charge in [0.15, 0.2) is 0 Å². The molecule has 2 nitrogen and oxygen atoms in total. The third-order valence-corrected chi connectivity index (χ3v) is 3.62. The van der Waals surface area contributed by atoms with E-state index < -0.39 is 0 Å². The first-order valence-electron chi connectivity index (χ1n) is 6.32. The lowest BCUT2D eigenvalue weighted by Gasteiger charge is -2.21. The molecule has 88 valence electrons. The number of nitrogens with two attached hydrogens (primary N) is 1. The monoisotopic (exact) mass is 218 g/mol. The highest BCUT2D eigenvalue weighted by Gasteiger charge is 2.25. The third-order valence-electron chi connectivity index (χ3n) is 3.62. The summed E-state index contributed by atoms with van der Waals surface area (Å²) in [6, 6.07) is 7.26. The van der Waals surface area contributed by atoms with Crippen LogP contribution in [0.15, 0.2) is 18.2 Å². The van der Waals surface area contributed by atoms with Gasteiger partial charge in [-0.05, 0) is 36.6 Å². The molecule has 0 saturated heterocycles. The van der Waals surface area contributed by atoms with E-state index in [1.54, 1.807) is 0 Å². The largest absolute Gasteiger partial charge is 0.326 e. The molecule has 0 spiro atoms. The summed E-state index contributed by atoms with van der Waals surface area (Å²) in [5, 5.41) is 0. The van der Waals surface area contributed by atoms with Gasteiger partial charge < -0.3 is 5.73 Å². The Bertz CT molecular complexity index is 360. The van der Waals surface area contributed by atoms with Crippen molar-refractivity contribution >= 4 is 0 Å². The Balaban J connectivity index is 2.14. The summed E-state index contributed by atoms with van der Waals surface area (Å²) in [4.78, 5) is 2.56. The summed E-state index contributed by atoms with van der Waals surface area (Å²) < 4.78 is 0. The Morgan fingerprint density at radius 1 is 1.44 bits per heavy atom. The number of hydrogen-bond acceptors (Lipinski definition) is 2. The van der Waals surface area contributed by atoms with E-state index in [0.717, 1.165) is 6.54 Å². The van der Waals surface area contributed by atoms with Crippen molar-refractivity contribution in [3.63, 3.8) is 0 Å². The van der Waals surface area contributed by atoms with E-state index >= 15 is 0 Å². The Hall–Kier alpha value is -0.860. The minimum atomic E-state index is 0.563. The number of unbranched alkanes of at least 4 members (excludes halogenated alkanes) is 1. The fourth-order valence-electron chi connectivity index (χ4n) is 2.49. The molecular weight excluding hydrogens is 196 g/mol. The molecule has 1 unspecified atom stereocenters. The number of benzene rings is 1. The fourth-order valence-corrected chi connectivity index (χ4v) is 2.49. The lowest BCUT2D eigenvalue weighted by molar-refractivity contribution is 0.226. The molecule has 1 aromatic rings. The maximum atomic E-state index is 5.69. The second-order valence-electron chi connectivity index (χ2n) is 4.74. The average Bonchev–Trinajstić information content (AvgIpc) is 2.63. The second-order valence-corrected chi connectivity index (χ2v) is 4.74. The Morgan fingerprint density at radius 2 is 2.25 bits per heavy atom. The highest BCUT2D eigenvalue weighted by atomic mass is 15.2. The number of fused-ring (bicyclic) bond motifs is 1. The van der Waals surface area contributed by atoms with E-state index in [4.69, 9.17) is 5.73 Å². The maximum Gasteiger partial charge on any atom is 0.0326 e. The van der Waals surface area contributed by atoms with Crippen LogP contribution in [0.3, 0.4) is 0 Å². The summed E-state index contributed by atoms with van der Waals surface area (Å²) in [5.74, 6) is 0. The maximum absolute atomic E-state index is 5.69. The molecule has 0 aliphatic carbocycles. The molecule has 0 fully saturated rings. The third kappa shape index (κ3) is 2.13. The van der Waals surface area contributed by atoms with Crippen molar-refractivity contribution in [2.24, 2.45) is 5.73 Å². The van der Waals surface area contributed by atoms with Crippen molar-refractivity contribution < 1.29 is 0 Å². The van der Waals surface area contributed by atoms with Crippen molar-refractivity contribution in [1.82, 2.24) is 4.90 Å². The van der Waals surface area contributed by atoms with Gasteiger partial charge in [-0.2, -0.15) is 0 Å². The Morgan fingerprint density at radius 3 is 2.94 bits per heavy atom. The molecule has 16 heavy (non-hydrogen) atoms. The SMILES string of the molecule is CCCCN1Cc2ccc(CN)cc2C1C. The van der Waals surface area contributed by atoms with Crippen molar-refractivity contribution in [1.29, 1.82) is 0 Å². The molecule has 0 saturated carbocycles. The van der Waals surface area contributed by atoms with Crippen molar-refractivity contribution in [2.45, 2.75) is 45.8 Å². The molecule has 1 heterocycles. The van der Waals surface area contributed by atoms with E-state index in [9.17, 15) is 0 Å². The van der Waals surface area contributed by atoms with Crippen LogP contribution in [0.2, 0.25) is 0 Å². The highest BCUT2D eigenvalue weighted by Crippen LogP contribution is 2.33. The Kier molecular flexibility index (Phi) is 3.62. The van der Waals surface area contributed by atoms with E-state index in [1.807, 2.05) is 0 Å². The van der Waals surface area contributed by atoms with E-state index in [1.165, 1.54) is 36.1 Å². The fraction of sp³-hybridized carbons (Fsp3) is 0.571. The molecule has 0 bridgehead atoms. The van der Waals surface area contributed by atoms with Crippen LogP contribution in [0, 0.1) is 0 Å². The molecule has 2 rings (SSSR count). The van der Waals surface area contributed by atoms with Gasteiger partial charge in [-0.3, -0.25) is 4.90 Å². The molecule has 0 amide bonds. The van der Waals surface area contributed by atoms with Crippen LogP contribution in [-0.4, -0.2) is 11.4 Å². The second kappa shape index (κ2) is 4.98. The van der Waals surface area contributed by atoms with Crippen molar-refractivity contribution in [3.05, 3.63) is 34.9 Å². The standard InChI is InChI=1S/C14H22N2/c1-3-4-7-16-10-13-6-5-12(9-15)8-14(13)11(16)2/h5-6,8,11H,3-4,7,9-10,15H2,1-2H3. The summed E-state index contributed by atoms with van der Waals surface area (Å²) in [5.41, 5.74) is 9.92. The van der Waals surface area contributed by atoms with Gasteiger partial charge in [-0.1, -0.05) is 31.5 Å². The molecule has 2 N–H and O–H groups in total. The van der Waals surface area contributed by atoms with E-state index in [2.05, 4.69) is 36.9 Å². The molecular formula is C14H22N2. The zero-order valence-electron chi connectivity index (χ0n) is 10.4. The van der Waals surface area contributed by atoms with Crippen LogP contribution in [0.5, 0.6) is 0 Å². The quantitative estimate of drug-likeness (QED) is 0.842. The van der Waals surface area contributed by atoms with Gasteiger partial charge in [0, 0.05) is 19.1 Å². The van der Waals surface area contributed by atoms with Gasteiger partial charge in [0.05, 0.1) is 0 Å². The van der Waals surface area contributed by atoms with Gasteiger partial charge in [0.2, 0.25) is 0 Å². The van der Waals surface area contributed by atoms with Gasteiger partial charge in [0.1, 0.15) is 0 Å². The molecule has 1 aliphatic heterocycles. The summed E-state index contributed by atoms with van der Waals surface area (Å²) in [6.45, 7) is 7.53. The first kappa shape index (κ1) is 11.6. The highest BCUT2D eigenvalue weighted by molar-refractivity contribution is 5.37.